The number of fused-ring (bicyclic) bond motifs is 1. The largest absolute Gasteiger partial charge is 0.326 e. The lowest BCUT2D eigenvalue weighted by Gasteiger charge is -2.18. The molecule has 3 rings (SSSR count). The molecule has 150 valence electrons. The Bertz CT molecular complexity index is 1130. The zero-order valence-corrected chi connectivity index (χ0v) is 17.1. The second kappa shape index (κ2) is 7.63. The molecular weight excluding hydrogens is 402 g/mol. The fourth-order valence-electron chi connectivity index (χ4n) is 2.88. The molecule has 0 aliphatic carbocycles. The van der Waals surface area contributed by atoms with E-state index in [2.05, 4.69) is 10.0 Å². The number of rotatable bonds is 6. The summed E-state index contributed by atoms with van der Waals surface area (Å²) >= 11 is 0. The Morgan fingerprint density at radius 1 is 1.04 bits per heavy atom. The van der Waals surface area contributed by atoms with Crippen LogP contribution in [0.5, 0.6) is 0 Å². The molecule has 1 aliphatic rings. The first-order valence-electron chi connectivity index (χ1n) is 8.54. The Kier molecular flexibility index (Phi) is 5.57. The number of amides is 1. The van der Waals surface area contributed by atoms with Crippen molar-refractivity contribution in [3.63, 3.8) is 0 Å². The Morgan fingerprint density at radius 3 is 2.46 bits per heavy atom. The number of hydrogen-bond acceptors (Lipinski definition) is 5. The van der Waals surface area contributed by atoms with Gasteiger partial charge in [-0.15, -0.1) is 0 Å². The van der Waals surface area contributed by atoms with E-state index in [-0.39, 0.29) is 22.2 Å². The summed E-state index contributed by atoms with van der Waals surface area (Å²) in [5.41, 5.74) is 1.71. The van der Waals surface area contributed by atoms with Gasteiger partial charge in [-0.3, -0.25) is 4.79 Å². The maximum atomic E-state index is 12.7. The molecule has 2 aromatic rings. The summed E-state index contributed by atoms with van der Waals surface area (Å²) in [6, 6.07) is 10.8. The van der Waals surface area contributed by atoms with E-state index in [4.69, 9.17) is 0 Å². The molecule has 0 aromatic heterocycles. The van der Waals surface area contributed by atoms with E-state index in [9.17, 15) is 21.6 Å². The highest BCUT2D eigenvalue weighted by Gasteiger charge is 2.23. The molecular formula is C18H21N3O5S2. The standard InChI is InChI=1S/C18H21N3O5S2/c1-21(2)28(25,26)17-6-4-3-5-14(17)12-19-27(23,24)15-8-9-16-13(11-15)7-10-18(22)20-16/h3-6,8-9,11,19H,7,10,12H2,1-2H3,(H,20,22). The summed E-state index contributed by atoms with van der Waals surface area (Å²) in [5, 5.41) is 2.71. The summed E-state index contributed by atoms with van der Waals surface area (Å²) in [5.74, 6) is -0.0973. The van der Waals surface area contributed by atoms with E-state index in [1.165, 1.54) is 32.3 Å². The van der Waals surface area contributed by atoms with Crippen molar-refractivity contribution in [3.05, 3.63) is 53.6 Å². The molecule has 0 bridgehead atoms. The predicted molar refractivity (Wildman–Crippen MR) is 105 cm³/mol. The predicted octanol–water partition coefficient (Wildman–Crippen LogP) is 1.30. The van der Waals surface area contributed by atoms with Gasteiger partial charge in [0.05, 0.1) is 9.79 Å². The molecule has 0 atom stereocenters. The zero-order valence-electron chi connectivity index (χ0n) is 15.5. The molecule has 8 nitrogen and oxygen atoms in total. The molecule has 0 spiro atoms. The number of nitrogens with zero attached hydrogens (tertiary/aromatic N) is 1. The van der Waals surface area contributed by atoms with Crippen LogP contribution in [0.25, 0.3) is 0 Å². The van der Waals surface area contributed by atoms with Gasteiger partial charge in [-0.05, 0) is 41.8 Å². The van der Waals surface area contributed by atoms with Crippen molar-refractivity contribution in [2.75, 3.05) is 19.4 Å². The number of anilines is 1. The van der Waals surface area contributed by atoms with Crippen molar-refractivity contribution in [3.8, 4) is 0 Å². The van der Waals surface area contributed by atoms with Crippen LogP contribution in [-0.4, -0.2) is 41.1 Å². The molecule has 0 unspecified atom stereocenters. The van der Waals surface area contributed by atoms with Gasteiger partial charge in [0.2, 0.25) is 26.0 Å². The Morgan fingerprint density at radius 2 is 1.75 bits per heavy atom. The number of carbonyl (C=O) groups excluding carboxylic acids is 1. The molecule has 0 fully saturated rings. The van der Waals surface area contributed by atoms with Crippen LogP contribution in [0, 0.1) is 0 Å². The molecule has 0 saturated carbocycles. The van der Waals surface area contributed by atoms with Gasteiger partial charge < -0.3 is 5.32 Å². The minimum Gasteiger partial charge on any atom is -0.326 e. The molecule has 2 aromatic carbocycles. The Hall–Kier alpha value is -2.27. The zero-order chi connectivity index (χ0) is 20.5. The van der Waals surface area contributed by atoms with Gasteiger partial charge in [-0.2, -0.15) is 0 Å². The number of sulfonamides is 2. The summed E-state index contributed by atoms with van der Waals surface area (Å²) < 4.78 is 53.8. The second-order valence-corrected chi connectivity index (χ2v) is 10.5. The topological polar surface area (TPSA) is 113 Å². The number of aryl methyl sites for hydroxylation is 1. The van der Waals surface area contributed by atoms with Gasteiger partial charge in [-0.25, -0.2) is 25.9 Å². The van der Waals surface area contributed by atoms with Crippen molar-refractivity contribution < 1.29 is 21.6 Å². The Balaban J connectivity index is 1.85. The van der Waals surface area contributed by atoms with E-state index < -0.39 is 20.0 Å². The van der Waals surface area contributed by atoms with Crippen molar-refractivity contribution in [2.24, 2.45) is 0 Å². The first-order valence-corrected chi connectivity index (χ1v) is 11.5. The van der Waals surface area contributed by atoms with E-state index in [1.54, 1.807) is 24.3 Å². The SMILES string of the molecule is CN(C)S(=O)(=O)c1ccccc1CNS(=O)(=O)c1ccc2c(c1)CCC(=O)N2. The minimum atomic E-state index is -3.86. The number of hydrogen-bond donors (Lipinski definition) is 2. The molecule has 0 saturated heterocycles. The van der Waals surface area contributed by atoms with Crippen LogP contribution in [0.4, 0.5) is 5.69 Å². The number of carbonyl (C=O) groups is 1. The van der Waals surface area contributed by atoms with Crippen molar-refractivity contribution >= 4 is 31.6 Å². The molecule has 1 aliphatic heterocycles. The van der Waals surface area contributed by atoms with E-state index in [0.29, 0.717) is 24.1 Å². The molecule has 10 heteroatoms. The van der Waals surface area contributed by atoms with Crippen molar-refractivity contribution in [1.29, 1.82) is 0 Å². The van der Waals surface area contributed by atoms with Crippen LogP contribution < -0.4 is 10.0 Å². The van der Waals surface area contributed by atoms with Gasteiger partial charge in [0.1, 0.15) is 0 Å². The van der Waals surface area contributed by atoms with Gasteiger partial charge >= 0.3 is 0 Å². The van der Waals surface area contributed by atoms with Crippen molar-refractivity contribution in [2.45, 2.75) is 29.2 Å². The van der Waals surface area contributed by atoms with Gasteiger partial charge in [0.25, 0.3) is 0 Å². The van der Waals surface area contributed by atoms with E-state index >= 15 is 0 Å². The van der Waals surface area contributed by atoms with Crippen LogP contribution in [0.1, 0.15) is 17.5 Å². The maximum Gasteiger partial charge on any atom is 0.242 e. The minimum absolute atomic E-state index is 0.0517. The van der Waals surface area contributed by atoms with Gasteiger partial charge in [0, 0.05) is 32.7 Å². The van der Waals surface area contributed by atoms with E-state index in [1.807, 2.05) is 0 Å². The third-order valence-corrected chi connectivity index (χ3v) is 7.78. The molecule has 0 radical (unpaired) electrons. The van der Waals surface area contributed by atoms with E-state index in [0.717, 1.165) is 9.87 Å². The third-order valence-electron chi connectivity index (χ3n) is 4.47. The van der Waals surface area contributed by atoms with Crippen LogP contribution in [0.15, 0.2) is 52.3 Å². The fourth-order valence-corrected chi connectivity index (χ4v) is 5.05. The van der Waals surface area contributed by atoms with Gasteiger partial charge in [-0.1, -0.05) is 18.2 Å². The summed E-state index contributed by atoms with van der Waals surface area (Å²) in [6.45, 7) is -0.167. The average Bonchev–Trinajstić information content (AvgIpc) is 2.66. The highest BCUT2D eigenvalue weighted by atomic mass is 32.2. The Labute approximate surface area is 164 Å². The lowest BCUT2D eigenvalue weighted by atomic mass is 10.0. The quantitative estimate of drug-likeness (QED) is 0.727. The average molecular weight is 424 g/mol. The summed E-state index contributed by atoms with van der Waals surface area (Å²) in [4.78, 5) is 11.6. The second-order valence-electron chi connectivity index (χ2n) is 6.59. The van der Waals surface area contributed by atoms with Crippen LogP contribution >= 0.6 is 0 Å². The summed E-state index contributed by atoms with van der Waals surface area (Å²) in [7, 11) is -4.72. The molecule has 28 heavy (non-hydrogen) atoms. The first-order chi connectivity index (χ1) is 13.1. The monoisotopic (exact) mass is 423 g/mol. The van der Waals surface area contributed by atoms with Crippen LogP contribution in [0.3, 0.4) is 0 Å². The van der Waals surface area contributed by atoms with Crippen LogP contribution in [0.2, 0.25) is 0 Å². The lowest BCUT2D eigenvalue weighted by Crippen LogP contribution is -2.27. The molecule has 2 N–H and O–H groups in total. The fraction of sp³-hybridized carbons (Fsp3) is 0.278. The maximum absolute atomic E-state index is 12.7. The lowest BCUT2D eigenvalue weighted by molar-refractivity contribution is -0.116. The number of nitrogens with one attached hydrogen (secondary N) is 2. The van der Waals surface area contributed by atoms with Crippen molar-refractivity contribution in [1.82, 2.24) is 9.03 Å². The van der Waals surface area contributed by atoms with Crippen LogP contribution in [-0.2, 0) is 37.8 Å². The molecule has 1 heterocycles. The highest BCUT2D eigenvalue weighted by molar-refractivity contribution is 7.89. The third kappa shape index (κ3) is 4.09. The van der Waals surface area contributed by atoms with Gasteiger partial charge in [0.15, 0.2) is 0 Å². The number of benzene rings is 2. The highest BCUT2D eigenvalue weighted by Crippen LogP contribution is 2.26. The smallest absolute Gasteiger partial charge is 0.242 e. The molecule has 1 amide bonds. The summed E-state index contributed by atoms with van der Waals surface area (Å²) in [6.07, 6.45) is 0.772. The normalized spacial score (nSPS) is 14.6. The first kappa shape index (κ1) is 20.5.